The summed E-state index contributed by atoms with van der Waals surface area (Å²) < 4.78 is 16.1. The zero-order valence-corrected chi connectivity index (χ0v) is 17.9. The molecule has 6 heteroatoms. The van der Waals surface area contributed by atoms with Crippen molar-refractivity contribution in [3.63, 3.8) is 0 Å². The van der Waals surface area contributed by atoms with Crippen molar-refractivity contribution < 1.29 is 28.6 Å². The summed E-state index contributed by atoms with van der Waals surface area (Å²) in [6.07, 6.45) is 5.26. The minimum Gasteiger partial charge on any atom is -0.550 e. The first-order chi connectivity index (χ1) is 12.5. The van der Waals surface area contributed by atoms with Gasteiger partial charge in [-0.2, -0.15) is 0 Å². The summed E-state index contributed by atoms with van der Waals surface area (Å²) in [7, 11) is 1.60. The van der Waals surface area contributed by atoms with Crippen LogP contribution in [0.5, 0.6) is 0 Å². The molecule has 26 heavy (non-hydrogen) atoms. The summed E-state index contributed by atoms with van der Waals surface area (Å²) in [5.41, 5.74) is 0. The van der Waals surface area contributed by atoms with Crippen LogP contribution in [-0.2, 0) is 19.0 Å². The molecule has 0 aliphatic rings. The highest BCUT2D eigenvalue weighted by Gasteiger charge is 2.22. The van der Waals surface area contributed by atoms with Gasteiger partial charge >= 0.3 is 0 Å². The van der Waals surface area contributed by atoms with Gasteiger partial charge in [-0.1, -0.05) is 27.7 Å². The van der Waals surface area contributed by atoms with Crippen molar-refractivity contribution in [2.75, 3.05) is 66.3 Å². The summed E-state index contributed by atoms with van der Waals surface area (Å²) in [5, 5.41) is 9.93. The highest BCUT2D eigenvalue weighted by Crippen LogP contribution is 2.12. The number of carboxylic acids is 1. The fraction of sp³-hybridized carbons (Fsp3) is 0.950. The smallest absolute Gasteiger partial charge is 0.0783 e. The van der Waals surface area contributed by atoms with Crippen LogP contribution >= 0.6 is 0 Å². The highest BCUT2D eigenvalue weighted by atomic mass is 16.5. The summed E-state index contributed by atoms with van der Waals surface area (Å²) in [4.78, 5) is 9.93. The summed E-state index contributed by atoms with van der Waals surface area (Å²) in [6.45, 7) is 16.9. The van der Waals surface area contributed by atoms with Crippen LogP contribution in [0.1, 0.15) is 59.8 Å². The van der Waals surface area contributed by atoms with Gasteiger partial charge in [0.25, 0.3) is 0 Å². The predicted molar refractivity (Wildman–Crippen MR) is 104 cm³/mol. The van der Waals surface area contributed by atoms with Gasteiger partial charge in [0.15, 0.2) is 0 Å². The van der Waals surface area contributed by atoms with Crippen LogP contribution < -0.4 is 5.11 Å². The maximum Gasteiger partial charge on any atom is 0.0783 e. The number of hydrogen-bond acceptors (Lipinski definition) is 5. The molecule has 0 aliphatic carbocycles. The van der Waals surface area contributed by atoms with Crippen LogP contribution in [-0.4, -0.2) is 76.8 Å². The molecule has 0 rings (SSSR count). The van der Waals surface area contributed by atoms with E-state index in [-0.39, 0.29) is 13.0 Å². The zero-order valence-electron chi connectivity index (χ0n) is 17.9. The Hall–Kier alpha value is -0.690. The molecule has 0 aromatic heterocycles. The van der Waals surface area contributed by atoms with Crippen molar-refractivity contribution in [2.24, 2.45) is 0 Å². The van der Waals surface area contributed by atoms with E-state index in [9.17, 15) is 9.90 Å². The Morgan fingerprint density at radius 1 is 0.731 bits per heavy atom. The van der Waals surface area contributed by atoms with Crippen LogP contribution in [0.2, 0.25) is 0 Å². The minimum atomic E-state index is -1.10. The average molecular weight is 378 g/mol. The van der Waals surface area contributed by atoms with Crippen LogP contribution in [0.4, 0.5) is 0 Å². The third-order valence-electron chi connectivity index (χ3n) is 4.05. The first kappa shape index (κ1) is 27.5. The van der Waals surface area contributed by atoms with E-state index in [0.29, 0.717) is 26.4 Å². The molecule has 0 aromatic rings. The minimum absolute atomic E-state index is 0.0714. The van der Waals surface area contributed by atoms with Gasteiger partial charge in [0.2, 0.25) is 0 Å². The largest absolute Gasteiger partial charge is 0.550 e. The van der Waals surface area contributed by atoms with Crippen molar-refractivity contribution in [1.82, 2.24) is 0 Å². The topological polar surface area (TPSA) is 67.8 Å². The maximum absolute atomic E-state index is 9.93. The van der Waals surface area contributed by atoms with E-state index >= 15 is 0 Å². The molecule has 0 atom stereocenters. The maximum atomic E-state index is 9.93. The summed E-state index contributed by atoms with van der Waals surface area (Å²) >= 11 is 0. The molecule has 0 spiro atoms. The Morgan fingerprint density at radius 2 is 1.12 bits per heavy atom. The number of ether oxygens (including phenoxy) is 3. The number of rotatable bonds is 17. The van der Waals surface area contributed by atoms with E-state index < -0.39 is 5.97 Å². The van der Waals surface area contributed by atoms with E-state index in [1.807, 2.05) is 0 Å². The van der Waals surface area contributed by atoms with Crippen LogP contribution in [0.25, 0.3) is 0 Å². The van der Waals surface area contributed by atoms with Crippen LogP contribution in [0.15, 0.2) is 0 Å². The summed E-state index contributed by atoms with van der Waals surface area (Å²) in [5.74, 6) is -1.10. The van der Waals surface area contributed by atoms with Gasteiger partial charge in [0.05, 0.1) is 59.2 Å². The number of carbonyl (C=O) groups excluding carboxylic acids is 1. The Balaban J connectivity index is 0. The predicted octanol–water partition coefficient (Wildman–Crippen LogP) is 2.25. The number of methoxy groups -OCH3 is 1. The molecule has 0 saturated heterocycles. The van der Waals surface area contributed by atoms with Crippen molar-refractivity contribution in [2.45, 2.75) is 59.8 Å². The van der Waals surface area contributed by atoms with E-state index in [2.05, 4.69) is 27.7 Å². The van der Waals surface area contributed by atoms with Crippen LogP contribution in [0.3, 0.4) is 0 Å². The number of aliphatic carboxylic acids is 1. The molecule has 0 amide bonds. The van der Waals surface area contributed by atoms with E-state index in [1.165, 1.54) is 56.3 Å². The SMILES string of the molecule is CCC[N+](CCC)(CCC)CCC.COCCOCCOCCC(=O)[O-]. The number of hydrogen-bond donors (Lipinski definition) is 0. The molecule has 0 bridgehead atoms. The quantitative estimate of drug-likeness (QED) is 0.287. The molecule has 0 unspecified atom stereocenters. The molecule has 0 N–H and O–H groups in total. The monoisotopic (exact) mass is 377 g/mol. The normalized spacial score (nSPS) is 11.1. The lowest BCUT2D eigenvalue weighted by Gasteiger charge is -2.38. The number of carbonyl (C=O) groups is 1. The Bertz CT molecular complexity index is 270. The first-order valence-corrected chi connectivity index (χ1v) is 10.2. The number of nitrogens with zero attached hydrogens (tertiary/aromatic N) is 1. The molecule has 0 aliphatic heterocycles. The van der Waals surface area contributed by atoms with E-state index in [1.54, 1.807) is 7.11 Å². The fourth-order valence-electron chi connectivity index (χ4n) is 3.19. The van der Waals surface area contributed by atoms with Crippen molar-refractivity contribution >= 4 is 5.97 Å². The van der Waals surface area contributed by atoms with Gasteiger partial charge in [0, 0.05) is 19.5 Å². The lowest BCUT2D eigenvalue weighted by Crippen LogP contribution is -2.50. The lowest BCUT2D eigenvalue weighted by molar-refractivity contribution is -0.928. The molecule has 0 saturated carbocycles. The van der Waals surface area contributed by atoms with Gasteiger partial charge in [0.1, 0.15) is 0 Å². The van der Waals surface area contributed by atoms with Crippen LogP contribution in [0, 0.1) is 0 Å². The molecule has 158 valence electrons. The van der Waals surface area contributed by atoms with E-state index in [0.717, 1.165) is 0 Å². The second-order valence-corrected chi connectivity index (χ2v) is 6.58. The molecular weight excluding hydrogens is 334 g/mol. The standard InChI is InChI=1S/C12H28N.C8H16O5/c1-5-9-13(10-6-2,11-7-3)12-8-4;1-11-4-5-13-7-6-12-3-2-8(9)10/h5-12H2,1-4H3;2-7H2,1H3,(H,9,10)/q+1;/p-1. The highest BCUT2D eigenvalue weighted by molar-refractivity contribution is 5.64. The molecule has 6 nitrogen and oxygen atoms in total. The Kier molecular flexibility index (Phi) is 21.8. The first-order valence-electron chi connectivity index (χ1n) is 10.2. The lowest BCUT2D eigenvalue weighted by atomic mass is 10.2. The van der Waals surface area contributed by atoms with Crippen molar-refractivity contribution in [1.29, 1.82) is 0 Å². The molecule has 0 radical (unpaired) electrons. The zero-order chi connectivity index (χ0) is 20.1. The second kappa shape index (κ2) is 20.6. The molecule has 0 fully saturated rings. The van der Waals surface area contributed by atoms with Gasteiger partial charge < -0.3 is 28.6 Å². The van der Waals surface area contributed by atoms with Gasteiger partial charge in [-0.05, 0) is 25.7 Å². The second-order valence-electron chi connectivity index (χ2n) is 6.58. The third kappa shape index (κ3) is 18.1. The molecule has 0 aromatic carbocycles. The van der Waals surface area contributed by atoms with Crippen molar-refractivity contribution in [3.8, 4) is 0 Å². The Labute approximate surface area is 161 Å². The average Bonchev–Trinajstić information content (AvgIpc) is 2.58. The number of quaternary nitrogens is 1. The van der Waals surface area contributed by atoms with Crippen molar-refractivity contribution in [3.05, 3.63) is 0 Å². The van der Waals surface area contributed by atoms with Gasteiger partial charge in [-0.25, -0.2) is 0 Å². The van der Waals surface area contributed by atoms with E-state index in [4.69, 9.17) is 14.2 Å². The molecule has 0 heterocycles. The Morgan fingerprint density at radius 3 is 1.46 bits per heavy atom. The van der Waals surface area contributed by atoms with Gasteiger partial charge in [-0.3, -0.25) is 0 Å². The number of carboxylic acid groups (broad SMARTS) is 1. The fourth-order valence-corrected chi connectivity index (χ4v) is 3.19. The molecular formula is C20H43NO5. The third-order valence-corrected chi connectivity index (χ3v) is 4.05. The van der Waals surface area contributed by atoms with Gasteiger partial charge in [-0.15, -0.1) is 0 Å². The summed E-state index contributed by atoms with van der Waals surface area (Å²) in [6, 6.07) is 0.